The first-order chi connectivity index (χ1) is 8.69. The summed E-state index contributed by atoms with van der Waals surface area (Å²) in [7, 11) is 1.78. The van der Waals surface area contributed by atoms with Gasteiger partial charge in [0.05, 0.1) is 6.10 Å². The Morgan fingerprint density at radius 2 is 2.11 bits per heavy atom. The van der Waals surface area contributed by atoms with Crippen molar-refractivity contribution in [3.63, 3.8) is 0 Å². The van der Waals surface area contributed by atoms with Crippen LogP contribution in [-0.4, -0.2) is 37.7 Å². The van der Waals surface area contributed by atoms with Crippen LogP contribution in [0.4, 0.5) is 4.39 Å². The van der Waals surface area contributed by atoms with Gasteiger partial charge in [0.25, 0.3) is 0 Å². The zero-order valence-corrected chi connectivity index (χ0v) is 12.2. The molecule has 1 aromatic carbocycles. The smallest absolute Gasteiger partial charge is 0.123 e. The molecule has 0 radical (unpaired) electrons. The SMILES string of the molecule is COC1CCN(CCc2cc(F)ccc2Br)CC1. The minimum absolute atomic E-state index is 0.161. The summed E-state index contributed by atoms with van der Waals surface area (Å²) in [5, 5.41) is 0. The average Bonchev–Trinajstić information content (AvgIpc) is 2.40. The number of hydrogen-bond acceptors (Lipinski definition) is 2. The second-order valence-electron chi connectivity index (χ2n) is 4.76. The van der Waals surface area contributed by atoms with Crippen LogP contribution < -0.4 is 0 Å². The van der Waals surface area contributed by atoms with Crippen molar-refractivity contribution in [2.75, 3.05) is 26.7 Å². The van der Waals surface area contributed by atoms with Crippen LogP contribution in [0.5, 0.6) is 0 Å². The third-order valence-electron chi connectivity index (χ3n) is 3.57. The lowest BCUT2D eigenvalue weighted by molar-refractivity contribution is 0.0415. The Bertz CT molecular complexity index is 391. The molecule has 2 rings (SSSR count). The zero-order valence-electron chi connectivity index (χ0n) is 10.7. The molecule has 0 aliphatic carbocycles. The summed E-state index contributed by atoms with van der Waals surface area (Å²) in [5.74, 6) is -0.161. The molecule has 1 aliphatic rings. The van der Waals surface area contributed by atoms with E-state index in [1.165, 1.54) is 6.07 Å². The highest BCUT2D eigenvalue weighted by Crippen LogP contribution is 2.19. The number of rotatable bonds is 4. The molecule has 4 heteroatoms. The van der Waals surface area contributed by atoms with Crippen molar-refractivity contribution in [3.8, 4) is 0 Å². The van der Waals surface area contributed by atoms with Crippen LogP contribution in [0.3, 0.4) is 0 Å². The minimum Gasteiger partial charge on any atom is -0.381 e. The van der Waals surface area contributed by atoms with E-state index >= 15 is 0 Å². The summed E-state index contributed by atoms with van der Waals surface area (Å²) in [4.78, 5) is 2.42. The summed E-state index contributed by atoms with van der Waals surface area (Å²) in [6.07, 6.45) is 3.50. The number of piperidine rings is 1. The van der Waals surface area contributed by atoms with Gasteiger partial charge in [-0.1, -0.05) is 15.9 Å². The average molecular weight is 316 g/mol. The van der Waals surface area contributed by atoms with Crippen molar-refractivity contribution < 1.29 is 9.13 Å². The lowest BCUT2D eigenvalue weighted by atomic mass is 10.1. The van der Waals surface area contributed by atoms with E-state index in [-0.39, 0.29) is 5.82 Å². The Kier molecular flexibility index (Phi) is 5.15. The quantitative estimate of drug-likeness (QED) is 0.845. The minimum atomic E-state index is -0.161. The maximum Gasteiger partial charge on any atom is 0.123 e. The normalized spacial score (nSPS) is 18.2. The fourth-order valence-electron chi connectivity index (χ4n) is 2.38. The van der Waals surface area contributed by atoms with Gasteiger partial charge in [-0.25, -0.2) is 4.39 Å². The summed E-state index contributed by atoms with van der Waals surface area (Å²) in [5.41, 5.74) is 1.05. The third-order valence-corrected chi connectivity index (χ3v) is 4.35. The number of likely N-dealkylation sites (tertiary alicyclic amines) is 1. The van der Waals surface area contributed by atoms with Gasteiger partial charge < -0.3 is 9.64 Å². The molecule has 0 spiro atoms. The van der Waals surface area contributed by atoms with E-state index in [4.69, 9.17) is 4.74 Å². The maximum absolute atomic E-state index is 13.2. The number of nitrogens with zero attached hydrogens (tertiary/aromatic N) is 1. The van der Waals surface area contributed by atoms with Crippen LogP contribution >= 0.6 is 15.9 Å². The van der Waals surface area contributed by atoms with E-state index in [0.717, 1.165) is 48.9 Å². The molecule has 0 N–H and O–H groups in total. The van der Waals surface area contributed by atoms with Crippen LogP contribution in [0.25, 0.3) is 0 Å². The Hall–Kier alpha value is -0.450. The van der Waals surface area contributed by atoms with Crippen molar-refractivity contribution >= 4 is 15.9 Å². The molecular weight excluding hydrogens is 297 g/mol. The van der Waals surface area contributed by atoms with Crippen molar-refractivity contribution in [2.24, 2.45) is 0 Å². The Morgan fingerprint density at radius 1 is 1.39 bits per heavy atom. The molecule has 2 nitrogen and oxygen atoms in total. The van der Waals surface area contributed by atoms with Crippen LogP contribution in [-0.2, 0) is 11.2 Å². The molecule has 18 heavy (non-hydrogen) atoms. The van der Waals surface area contributed by atoms with Gasteiger partial charge >= 0.3 is 0 Å². The van der Waals surface area contributed by atoms with E-state index in [1.54, 1.807) is 19.2 Å². The van der Waals surface area contributed by atoms with Crippen LogP contribution in [0.2, 0.25) is 0 Å². The molecule has 0 bridgehead atoms. The van der Waals surface area contributed by atoms with Gasteiger partial charge in [0.1, 0.15) is 5.82 Å². The van der Waals surface area contributed by atoms with Crippen molar-refractivity contribution in [1.82, 2.24) is 4.90 Å². The molecule has 1 fully saturated rings. The van der Waals surface area contributed by atoms with E-state index in [9.17, 15) is 4.39 Å². The lowest BCUT2D eigenvalue weighted by Gasteiger charge is -2.31. The van der Waals surface area contributed by atoms with Gasteiger partial charge in [-0.15, -0.1) is 0 Å². The van der Waals surface area contributed by atoms with Gasteiger partial charge in [-0.05, 0) is 43.0 Å². The third kappa shape index (κ3) is 3.77. The number of halogens is 2. The molecule has 0 amide bonds. The van der Waals surface area contributed by atoms with Crippen molar-refractivity contribution in [1.29, 1.82) is 0 Å². The van der Waals surface area contributed by atoms with E-state index < -0.39 is 0 Å². The number of benzene rings is 1. The topological polar surface area (TPSA) is 12.5 Å². The van der Waals surface area contributed by atoms with Gasteiger partial charge in [-0.3, -0.25) is 0 Å². The molecule has 100 valence electrons. The first-order valence-electron chi connectivity index (χ1n) is 6.38. The van der Waals surface area contributed by atoms with Crippen LogP contribution in [0.1, 0.15) is 18.4 Å². The Balaban J connectivity index is 1.83. The molecule has 1 aromatic rings. The monoisotopic (exact) mass is 315 g/mol. The number of ether oxygens (including phenoxy) is 1. The fraction of sp³-hybridized carbons (Fsp3) is 0.571. The lowest BCUT2D eigenvalue weighted by Crippen LogP contribution is -2.37. The van der Waals surface area contributed by atoms with E-state index in [1.807, 2.05) is 0 Å². The number of methoxy groups -OCH3 is 1. The Labute approximate surface area is 116 Å². The second-order valence-corrected chi connectivity index (χ2v) is 5.62. The first-order valence-corrected chi connectivity index (χ1v) is 7.17. The maximum atomic E-state index is 13.2. The van der Waals surface area contributed by atoms with Crippen molar-refractivity contribution in [3.05, 3.63) is 34.1 Å². The second kappa shape index (κ2) is 6.64. The van der Waals surface area contributed by atoms with Gasteiger partial charge in [-0.2, -0.15) is 0 Å². The predicted molar refractivity (Wildman–Crippen MR) is 74.3 cm³/mol. The molecule has 0 saturated carbocycles. The van der Waals surface area contributed by atoms with Crippen LogP contribution in [0.15, 0.2) is 22.7 Å². The summed E-state index contributed by atoms with van der Waals surface area (Å²) in [6, 6.07) is 4.88. The first kappa shape index (κ1) is 14.0. The number of hydrogen-bond donors (Lipinski definition) is 0. The van der Waals surface area contributed by atoms with Crippen molar-refractivity contribution in [2.45, 2.75) is 25.4 Å². The van der Waals surface area contributed by atoms with Gasteiger partial charge in [0.2, 0.25) is 0 Å². The molecule has 1 heterocycles. The molecule has 0 atom stereocenters. The molecular formula is C14H19BrFNO. The molecule has 0 unspecified atom stereocenters. The summed E-state index contributed by atoms with van der Waals surface area (Å²) in [6.45, 7) is 3.13. The molecule has 1 saturated heterocycles. The highest BCUT2D eigenvalue weighted by molar-refractivity contribution is 9.10. The Morgan fingerprint density at radius 3 is 2.78 bits per heavy atom. The summed E-state index contributed by atoms with van der Waals surface area (Å²) < 4.78 is 19.5. The highest BCUT2D eigenvalue weighted by atomic mass is 79.9. The summed E-state index contributed by atoms with van der Waals surface area (Å²) >= 11 is 3.47. The largest absolute Gasteiger partial charge is 0.381 e. The standard InChI is InChI=1S/C14H19BrFNO/c1-18-13-5-8-17(9-6-13)7-4-11-10-12(16)2-3-14(11)15/h2-3,10,13H,4-9H2,1H3. The van der Waals surface area contributed by atoms with E-state index in [2.05, 4.69) is 20.8 Å². The van der Waals surface area contributed by atoms with Gasteiger partial charge in [0.15, 0.2) is 0 Å². The van der Waals surface area contributed by atoms with Crippen LogP contribution in [0, 0.1) is 5.82 Å². The van der Waals surface area contributed by atoms with Gasteiger partial charge in [0, 0.05) is 31.2 Å². The predicted octanol–water partition coefficient (Wildman–Crippen LogP) is 3.24. The molecule has 0 aromatic heterocycles. The molecule has 1 aliphatic heterocycles. The highest BCUT2D eigenvalue weighted by Gasteiger charge is 2.18. The fourth-order valence-corrected chi connectivity index (χ4v) is 2.83. The zero-order chi connectivity index (χ0) is 13.0. The van der Waals surface area contributed by atoms with E-state index in [0.29, 0.717) is 6.10 Å².